The minimum absolute atomic E-state index is 0.155. The minimum Gasteiger partial charge on any atom is -0.497 e. The van der Waals surface area contributed by atoms with Crippen molar-refractivity contribution in [3.05, 3.63) is 99.3 Å². The first-order chi connectivity index (χ1) is 16.0. The molecule has 0 unspecified atom stereocenters. The van der Waals surface area contributed by atoms with Crippen molar-refractivity contribution in [3.63, 3.8) is 0 Å². The number of carbonyl (C=O) groups excluding carboxylic acids is 1. The third kappa shape index (κ3) is 5.51. The number of nitrogens with one attached hydrogen (secondary N) is 1. The average molecular weight is 464 g/mol. The Morgan fingerprint density at radius 1 is 1.03 bits per heavy atom. The maximum Gasteiger partial charge on any atom is 0.314 e. The van der Waals surface area contributed by atoms with Crippen molar-refractivity contribution in [2.75, 3.05) is 13.7 Å². The summed E-state index contributed by atoms with van der Waals surface area (Å²) in [5, 5.41) is 3.25. The predicted octanol–water partition coefficient (Wildman–Crippen LogP) is 3.80. The predicted molar refractivity (Wildman–Crippen MR) is 127 cm³/mol. The van der Waals surface area contributed by atoms with E-state index in [4.69, 9.17) is 21.1 Å². The smallest absolute Gasteiger partial charge is 0.314 e. The molecule has 3 aromatic carbocycles. The van der Waals surface area contributed by atoms with Crippen molar-refractivity contribution < 1.29 is 14.3 Å². The van der Waals surface area contributed by atoms with Crippen molar-refractivity contribution >= 4 is 28.5 Å². The number of aromatic nitrogens is 2. The fraction of sp³-hybridized carbons (Fsp3) is 0.160. The van der Waals surface area contributed by atoms with E-state index in [1.165, 1.54) is 0 Å². The zero-order valence-corrected chi connectivity index (χ0v) is 18.7. The Kier molecular flexibility index (Phi) is 6.90. The van der Waals surface area contributed by atoms with Gasteiger partial charge in [-0.1, -0.05) is 54.1 Å². The minimum atomic E-state index is -0.422. The number of amides is 1. The van der Waals surface area contributed by atoms with Gasteiger partial charge in [0.2, 0.25) is 0 Å². The molecule has 0 fully saturated rings. The molecule has 0 radical (unpaired) electrons. The standard InChI is InChI=1S/C25H22ClN3O4/c1-32-20-9-5-8-18(12-20)14-27-23(30)16-33-24-25(31)29(15-17-6-3-2-4-7-17)22-11-10-19(26)13-21(22)28-24/h2-13H,14-16H2,1H3,(H,27,30). The first kappa shape index (κ1) is 22.4. The number of rotatable bonds is 8. The number of benzene rings is 3. The number of halogens is 1. The van der Waals surface area contributed by atoms with Crippen LogP contribution < -0.4 is 20.3 Å². The Hall–Kier alpha value is -3.84. The lowest BCUT2D eigenvalue weighted by atomic mass is 10.2. The molecule has 168 valence electrons. The second-order valence-corrected chi connectivity index (χ2v) is 7.78. The molecule has 1 N–H and O–H groups in total. The van der Waals surface area contributed by atoms with Crippen molar-refractivity contribution in [2.24, 2.45) is 0 Å². The van der Waals surface area contributed by atoms with E-state index in [2.05, 4.69) is 10.3 Å². The summed E-state index contributed by atoms with van der Waals surface area (Å²) in [5.74, 6) is 0.174. The van der Waals surface area contributed by atoms with Crippen molar-refractivity contribution in [3.8, 4) is 11.6 Å². The third-order valence-corrected chi connectivity index (χ3v) is 5.26. The van der Waals surface area contributed by atoms with E-state index >= 15 is 0 Å². The lowest BCUT2D eigenvalue weighted by Gasteiger charge is -2.13. The molecule has 4 aromatic rings. The van der Waals surface area contributed by atoms with Gasteiger partial charge in [0, 0.05) is 11.6 Å². The maximum atomic E-state index is 13.1. The second-order valence-electron chi connectivity index (χ2n) is 7.34. The van der Waals surface area contributed by atoms with Gasteiger partial charge in [0.25, 0.3) is 11.8 Å². The third-order valence-electron chi connectivity index (χ3n) is 5.03. The number of hydrogen-bond acceptors (Lipinski definition) is 5. The van der Waals surface area contributed by atoms with Crippen LogP contribution in [0.5, 0.6) is 11.6 Å². The topological polar surface area (TPSA) is 82.4 Å². The molecule has 0 aliphatic carbocycles. The van der Waals surface area contributed by atoms with Gasteiger partial charge in [0.1, 0.15) is 5.75 Å². The van der Waals surface area contributed by atoms with E-state index in [1.807, 2.05) is 54.6 Å². The number of nitrogens with zero attached hydrogens (tertiary/aromatic N) is 2. The van der Waals surface area contributed by atoms with Gasteiger partial charge in [-0.25, -0.2) is 4.98 Å². The van der Waals surface area contributed by atoms with Crippen LogP contribution in [0.25, 0.3) is 11.0 Å². The number of ether oxygens (including phenoxy) is 2. The van der Waals surface area contributed by atoms with Crippen LogP contribution in [0, 0.1) is 0 Å². The number of methoxy groups -OCH3 is 1. The average Bonchev–Trinajstić information content (AvgIpc) is 2.84. The Morgan fingerprint density at radius 3 is 2.61 bits per heavy atom. The molecule has 0 aliphatic heterocycles. The molecule has 1 amide bonds. The highest BCUT2D eigenvalue weighted by molar-refractivity contribution is 6.31. The normalized spacial score (nSPS) is 10.7. The van der Waals surface area contributed by atoms with Gasteiger partial charge in [-0.2, -0.15) is 0 Å². The fourth-order valence-electron chi connectivity index (χ4n) is 3.38. The molecule has 0 saturated carbocycles. The molecule has 0 bridgehead atoms. The van der Waals surface area contributed by atoms with E-state index in [9.17, 15) is 9.59 Å². The summed E-state index contributed by atoms with van der Waals surface area (Å²) in [7, 11) is 1.58. The zero-order valence-electron chi connectivity index (χ0n) is 18.0. The highest BCUT2D eigenvalue weighted by atomic mass is 35.5. The molecule has 33 heavy (non-hydrogen) atoms. The Bertz CT molecular complexity index is 1340. The number of hydrogen-bond donors (Lipinski definition) is 1. The molecule has 0 aliphatic rings. The summed E-state index contributed by atoms with van der Waals surface area (Å²) in [5.41, 5.74) is 2.54. The van der Waals surface area contributed by atoms with Crippen LogP contribution in [-0.2, 0) is 17.9 Å². The Balaban J connectivity index is 1.52. The molecule has 0 spiro atoms. The monoisotopic (exact) mass is 463 g/mol. The highest BCUT2D eigenvalue weighted by Gasteiger charge is 2.15. The van der Waals surface area contributed by atoms with Gasteiger partial charge in [0.15, 0.2) is 6.61 Å². The first-order valence-corrected chi connectivity index (χ1v) is 10.7. The van der Waals surface area contributed by atoms with Crippen molar-refractivity contribution in [2.45, 2.75) is 13.1 Å². The lowest BCUT2D eigenvalue weighted by molar-refractivity contribution is -0.123. The van der Waals surface area contributed by atoms with Crippen LogP contribution in [-0.4, -0.2) is 29.2 Å². The van der Waals surface area contributed by atoms with Crippen LogP contribution in [0.15, 0.2) is 77.6 Å². The Labute approximate surface area is 195 Å². The van der Waals surface area contributed by atoms with Crippen LogP contribution in [0.3, 0.4) is 0 Å². The summed E-state index contributed by atoms with van der Waals surface area (Å²) < 4.78 is 12.3. The SMILES string of the molecule is COc1cccc(CNC(=O)COc2nc3cc(Cl)ccc3n(Cc3ccccc3)c2=O)c1. The van der Waals surface area contributed by atoms with Crippen LogP contribution in [0.1, 0.15) is 11.1 Å². The van der Waals surface area contributed by atoms with Gasteiger partial charge in [-0.05, 0) is 41.5 Å². The first-order valence-electron chi connectivity index (χ1n) is 10.3. The summed E-state index contributed by atoms with van der Waals surface area (Å²) in [6.07, 6.45) is 0. The van der Waals surface area contributed by atoms with E-state index in [-0.39, 0.29) is 18.4 Å². The van der Waals surface area contributed by atoms with E-state index in [0.717, 1.165) is 11.1 Å². The number of carbonyl (C=O) groups is 1. The Morgan fingerprint density at radius 2 is 1.82 bits per heavy atom. The summed E-state index contributed by atoms with van der Waals surface area (Å²) in [4.78, 5) is 29.8. The van der Waals surface area contributed by atoms with Crippen molar-refractivity contribution in [1.29, 1.82) is 0 Å². The summed E-state index contributed by atoms with van der Waals surface area (Å²) in [6.45, 7) is 0.292. The largest absolute Gasteiger partial charge is 0.497 e. The molecule has 8 heteroatoms. The molecule has 4 rings (SSSR count). The van der Waals surface area contributed by atoms with Crippen molar-refractivity contribution in [1.82, 2.24) is 14.9 Å². The molecular formula is C25H22ClN3O4. The maximum absolute atomic E-state index is 13.1. The van der Waals surface area contributed by atoms with Crippen LogP contribution >= 0.6 is 11.6 Å². The van der Waals surface area contributed by atoms with Gasteiger partial charge in [-0.3, -0.25) is 14.2 Å². The quantitative estimate of drug-likeness (QED) is 0.430. The lowest BCUT2D eigenvalue weighted by Crippen LogP contribution is -2.31. The molecule has 1 heterocycles. The highest BCUT2D eigenvalue weighted by Crippen LogP contribution is 2.19. The van der Waals surface area contributed by atoms with E-state index in [0.29, 0.717) is 34.9 Å². The summed E-state index contributed by atoms with van der Waals surface area (Å²) >= 11 is 6.13. The summed E-state index contributed by atoms with van der Waals surface area (Å²) in [6, 6.07) is 22.1. The molecule has 7 nitrogen and oxygen atoms in total. The molecule has 1 aromatic heterocycles. The van der Waals surface area contributed by atoms with Gasteiger partial charge < -0.3 is 14.8 Å². The van der Waals surface area contributed by atoms with Gasteiger partial charge >= 0.3 is 5.56 Å². The fourth-order valence-corrected chi connectivity index (χ4v) is 3.55. The van der Waals surface area contributed by atoms with Gasteiger partial charge in [-0.15, -0.1) is 0 Å². The van der Waals surface area contributed by atoms with Crippen LogP contribution in [0.4, 0.5) is 0 Å². The molecule has 0 saturated heterocycles. The zero-order chi connectivity index (χ0) is 23.2. The van der Waals surface area contributed by atoms with E-state index < -0.39 is 5.56 Å². The molecular weight excluding hydrogens is 442 g/mol. The second kappa shape index (κ2) is 10.2. The van der Waals surface area contributed by atoms with Crippen LogP contribution in [0.2, 0.25) is 5.02 Å². The molecule has 0 atom stereocenters. The van der Waals surface area contributed by atoms with E-state index in [1.54, 1.807) is 29.9 Å². The van der Waals surface area contributed by atoms with Gasteiger partial charge in [0.05, 0.1) is 24.7 Å². The number of fused-ring (bicyclic) bond motifs is 1.